The molecule has 2 rings (SSSR count). The molecule has 19 heavy (non-hydrogen) atoms. The normalized spacial score (nSPS) is 15.2. The van der Waals surface area contributed by atoms with Gasteiger partial charge in [-0.05, 0) is 43.4 Å². The van der Waals surface area contributed by atoms with E-state index >= 15 is 0 Å². The number of ether oxygens (including phenoxy) is 1. The highest BCUT2D eigenvalue weighted by atomic mass is 16.5. The quantitative estimate of drug-likeness (QED) is 0.766. The second-order valence-corrected chi connectivity index (χ2v) is 5.95. The average Bonchev–Trinajstić information content (AvgIpc) is 3.20. The van der Waals surface area contributed by atoms with Crippen LogP contribution in [0, 0.1) is 5.92 Å². The smallest absolute Gasteiger partial charge is 0.120 e. The van der Waals surface area contributed by atoms with Gasteiger partial charge in [0.25, 0.3) is 0 Å². The summed E-state index contributed by atoms with van der Waals surface area (Å²) in [5.41, 5.74) is 8.18. The molecule has 3 nitrogen and oxygen atoms in total. The SMILES string of the molecule is COc1ccc(CN(CCC(C)C)C2CC2)c(N)c1. The molecule has 1 aliphatic carbocycles. The van der Waals surface area contributed by atoms with Crippen molar-refractivity contribution < 1.29 is 4.74 Å². The van der Waals surface area contributed by atoms with Gasteiger partial charge in [0.1, 0.15) is 5.75 Å². The molecule has 0 aliphatic heterocycles. The topological polar surface area (TPSA) is 38.5 Å². The Balaban J connectivity index is 2.00. The van der Waals surface area contributed by atoms with Crippen LogP contribution in [-0.2, 0) is 6.54 Å². The van der Waals surface area contributed by atoms with Crippen molar-refractivity contribution in [3.63, 3.8) is 0 Å². The van der Waals surface area contributed by atoms with Crippen LogP contribution in [0.1, 0.15) is 38.7 Å². The lowest BCUT2D eigenvalue weighted by Gasteiger charge is -2.24. The van der Waals surface area contributed by atoms with E-state index in [9.17, 15) is 0 Å². The first-order valence-electron chi connectivity index (χ1n) is 7.26. The summed E-state index contributed by atoms with van der Waals surface area (Å²) in [6, 6.07) is 6.79. The monoisotopic (exact) mass is 262 g/mol. The Bertz CT molecular complexity index is 413. The number of benzene rings is 1. The Kier molecular flexibility index (Phi) is 4.70. The van der Waals surface area contributed by atoms with Crippen LogP contribution < -0.4 is 10.5 Å². The molecule has 3 heteroatoms. The minimum atomic E-state index is 0.759. The predicted molar refractivity (Wildman–Crippen MR) is 80.3 cm³/mol. The van der Waals surface area contributed by atoms with Crippen molar-refractivity contribution in [3.8, 4) is 5.75 Å². The van der Waals surface area contributed by atoms with Crippen LogP contribution in [0.5, 0.6) is 5.75 Å². The van der Waals surface area contributed by atoms with Crippen LogP contribution in [0.15, 0.2) is 18.2 Å². The molecule has 0 heterocycles. The maximum absolute atomic E-state index is 6.12. The van der Waals surface area contributed by atoms with E-state index in [0.717, 1.165) is 29.9 Å². The van der Waals surface area contributed by atoms with Crippen molar-refractivity contribution in [1.29, 1.82) is 0 Å². The van der Waals surface area contributed by atoms with Gasteiger partial charge in [-0.15, -0.1) is 0 Å². The molecule has 0 atom stereocenters. The van der Waals surface area contributed by atoms with Crippen LogP contribution in [0.25, 0.3) is 0 Å². The van der Waals surface area contributed by atoms with Gasteiger partial charge in [0.05, 0.1) is 7.11 Å². The van der Waals surface area contributed by atoms with Crippen molar-refractivity contribution in [2.45, 2.75) is 45.7 Å². The lowest BCUT2D eigenvalue weighted by molar-refractivity contribution is 0.240. The van der Waals surface area contributed by atoms with Crippen molar-refractivity contribution in [1.82, 2.24) is 4.90 Å². The largest absolute Gasteiger partial charge is 0.497 e. The molecule has 1 aromatic carbocycles. The molecule has 0 amide bonds. The van der Waals surface area contributed by atoms with E-state index < -0.39 is 0 Å². The molecular formula is C16H26N2O. The van der Waals surface area contributed by atoms with E-state index in [1.165, 1.54) is 31.4 Å². The molecule has 0 spiro atoms. The lowest BCUT2D eigenvalue weighted by Crippen LogP contribution is -2.28. The molecule has 1 fully saturated rings. The first-order chi connectivity index (χ1) is 9.10. The third-order valence-corrected chi connectivity index (χ3v) is 3.78. The molecule has 1 aliphatic rings. The lowest BCUT2D eigenvalue weighted by atomic mass is 10.1. The number of nitrogens with zero attached hydrogens (tertiary/aromatic N) is 1. The third kappa shape index (κ3) is 4.13. The number of anilines is 1. The fraction of sp³-hybridized carbons (Fsp3) is 0.625. The molecule has 0 aromatic heterocycles. The maximum atomic E-state index is 6.12. The number of methoxy groups -OCH3 is 1. The van der Waals surface area contributed by atoms with Crippen molar-refractivity contribution in [2.24, 2.45) is 5.92 Å². The number of hydrogen-bond acceptors (Lipinski definition) is 3. The minimum absolute atomic E-state index is 0.759. The summed E-state index contributed by atoms with van der Waals surface area (Å²) in [4.78, 5) is 2.58. The zero-order valence-corrected chi connectivity index (χ0v) is 12.4. The highest BCUT2D eigenvalue weighted by Crippen LogP contribution is 2.30. The van der Waals surface area contributed by atoms with E-state index in [0.29, 0.717) is 0 Å². The maximum Gasteiger partial charge on any atom is 0.120 e. The second kappa shape index (κ2) is 6.29. The van der Waals surface area contributed by atoms with Crippen LogP contribution >= 0.6 is 0 Å². The summed E-state index contributed by atoms with van der Waals surface area (Å²) in [5.74, 6) is 1.59. The molecule has 1 aromatic rings. The van der Waals surface area contributed by atoms with Crippen LogP contribution in [0.3, 0.4) is 0 Å². The zero-order chi connectivity index (χ0) is 13.8. The minimum Gasteiger partial charge on any atom is -0.497 e. The van der Waals surface area contributed by atoms with Gasteiger partial charge in [-0.2, -0.15) is 0 Å². The summed E-state index contributed by atoms with van der Waals surface area (Å²) in [7, 11) is 1.67. The predicted octanol–water partition coefficient (Wildman–Crippen LogP) is 3.29. The highest BCUT2D eigenvalue weighted by Gasteiger charge is 2.29. The molecule has 0 unspecified atom stereocenters. The summed E-state index contributed by atoms with van der Waals surface area (Å²) in [6.07, 6.45) is 3.94. The Morgan fingerprint density at radius 1 is 1.37 bits per heavy atom. The van der Waals surface area contributed by atoms with Gasteiger partial charge in [0.15, 0.2) is 0 Å². The molecule has 0 saturated heterocycles. The van der Waals surface area contributed by atoms with Crippen molar-refractivity contribution in [2.75, 3.05) is 19.4 Å². The fourth-order valence-electron chi connectivity index (χ4n) is 2.32. The number of rotatable bonds is 7. The third-order valence-electron chi connectivity index (χ3n) is 3.78. The second-order valence-electron chi connectivity index (χ2n) is 5.95. The van der Waals surface area contributed by atoms with Gasteiger partial charge in [-0.3, -0.25) is 4.90 Å². The first-order valence-corrected chi connectivity index (χ1v) is 7.26. The summed E-state index contributed by atoms with van der Waals surface area (Å²) in [5, 5.41) is 0. The Morgan fingerprint density at radius 3 is 2.63 bits per heavy atom. The summed E-state index contributed by atoms with van der Waals surface area (Å²) < 4.78 is 5.20. The average molecular weight is 262 g/mol. The Hall–Kier alpha value is -1.22. The van der Waals surface area contributed by atoms with Gasteiger partial charge >= 0.3 is 0 Å². The van der Waals surface area contributed by atoms with E-state index in [1.54, 1.807) is 7.11 Å². The first kappa shape index (κ1) is 14.2. The molecular weight excluding hydrogens is 236 g/mol. The zero-order valence-electron chi connectivity index (χ0n) is 12.4. The van der Waals surface area contributed by atoms with Crippen LogP contribution in [0.2, 0.25) is 0 Å². The van der Waals surface area contributed by atoms with Gasteiger partial charge in [0.2, 0.25) is 0 Å². The molecule has 0 radical (unpaired) electrons. The van der Waals surface area contributed by atoms with Crippen molar-refractivity contribution in [3.05, 3.63) is 23.8 Å². The summed E-state index contributed by atoms with van der Waals surface area (Å²) in [6.45, 7) is 6.71. The van der Waals surface area contributed by atoms with Crippen LogP contribution in [-0.4, -0.2) is 24.6 Å². The van der Waals surface area contributed by atoms with Crippen molar-refractivity contribution >= 4 is 5.69 Å². The fourth-order valence-corrected chi connectivity index (χ4v) is 2.32. The number of nitrogen functional groups attached to an aromatic ring is 1. The van der Waals surface area contributed by atoms with E-state index in [2.05, 4.69) is 24.8 Å². The molecule has 106 valence electrons. The molecule has 0 bridgehead atoms. The molecule has 1 saturated carbocycles. The number of hydrogen-bond donors (Lipinski definition) is 1. The van der Waals surface area contributed by atoms with E-state index in [4.69, 9.17) is 10.5 Å². The number of nitrogens with two attached hydrogens (primary N) is 1. The van der Waals surface area contributed by atoms with Gasteiger partial charge in [-0.25, -0.2) is 0 Å². The van der Waals surface area contributed by atoms with Gasteiger partial charge in [-0.1, -0.05) is 19.9 Å². The van der Waals surface area contributed by atoms with E-state index in [-0.39, 0.29) is 0 Å². The standard InChI is InChI=1S/C16H26N2O/c1-12(2)8-9-18(14-5-6-14)11-13-4-7-15(19-3)10-16(13)17/h4,7,10,12,14H,5-6,8-9,11,17H2,1-3H3. The Labute approximate surface area is 116 Å². The Morgan fingerprint density at radius 2 is 2.11 bits per heavy atom. The highest BCUT2D eigenvalue weighted by molar-refractivity contribution is 5.51. The molecule has 2 N–H and O–H groups in total. The van der Waals surface area contributed by atoms with Gasteiger partial charge in [0, 0.05) is 24.3 Å². The van der Waals surface area contributed by atoms with Gasteiger partial charge < -0.3 is 10.5 Å². The van der Waals surface area contributed by atoms with Crippen LogP contribution in [0.4, 0.5) is 5.69 Å². The van der Waals surface area contributed by atoms with E-state index in [1.807, 2.05) is 12.1 Å². The summed E-state index contributed by atoms with van der Waals surface area (Å²) >= 11 is 0.